The standard InChI is InChI=1S/C75H50N2/c1-5-21-51(22-6-1)52-37-39-56(40-38-52)74-62-32-16-14-24-54(62)42-48-72(74)77(58-29-11-4-12-30-58)60-44-46-66-64-34-18-20-36-68(64)75(70(66)50-60)67-35-19-17-33-63(67)65-45-43-59(49-69(65)75)76(57-27-9-3-10-28-57)71-47-41-53-23-13-15-31-61(53)73(71)55-25-7-2-8-26-55/h1-50H. The zero-order valence-corrected chi connectivity index (χ0v) is 42.3. The molecular formula is C75H50N2. The van der Waals surface area contributed by atoms with Gasteiger partial charge in [0.2, 0.25) is 0 Å². The summed E-state index contributed by atoms with van der Waals surface area (Å²) in [4.78, 5) is 4.97. The molecule has 1 spiro atoms. The summed E-state index contributed by atoms with van der Waals surface area (Å²) in [5, 5.41) is 4.84. The van der Waals surface area contributed by atoms with E-state index in [-0.39, 0.29) is 0 Å². The fourth-order valence-corrected chi connectivity index (χ4v) is 13.0. The predicted octanol–water partition coefficient (Wildman–Crippen LogP) is 20.3. The van der Waals surface area contributed by atoms with Gasteiger partial charge in [-0.2, -0.15) is 0 Å². The number of rotatable bonds is 9. The summed E-state index contributed by atoms with van der Waals surface area (Å²) in [6.45, 7) is 0. The van der Waals surface area contributed by atoms with Crippen LogP contribution in [-0.2, 0) is 5.41 Å². The van der Waals surface area contributed by atoms with Crippen molar-refractivity contribution >= 4 is 55.7 Å². The fraction of sp³-hybridized carbons (Fsp3) is 0.0133. The lowest BCUT2D eigenvalue weighted by molar-refractivity contribution is 0.793. The van der Waals surface area contributed by atoms with E-state index in [1.165, 1.54) is 99.4 Å². The van der Waals surface area contributed by atoms with E-state index in [9.17, 15) is 0 Å². The van der Waals surface area contributed by atoms with Crippen molar-refractivity contribution in [2.75, 3.05) is 9.80 Å². The van der Waals surface area contributed by atoms with E-state index < -0.39 is 5.41 Å². The minimum atomic E-state index is -0.639. The Balaban J connectivity index is 0.973. The van der Waals surface area contributed by atoms with Gasteiger partial charge in [0.05, 0.1) is 16.8 Å². The first kappa shape index (κ1) is 44.5. The number of hydrogen-bond acceptors (Lipinski definition) is 2. The lowest BCUT2D eigenvalue weighted by atomic mass is 9.70. The number of nitrogens with zero attached hydrogens (tertiary/aromatic N) is 2. The molecule has 15 rings (SSSR count). The molecule has 13 aromatic carbocycles. The van der Waals surface area contributed by atoms with Crippen molar-refractivity contribution < 1.29 is 0 Å². The highest BCUT2D eigenvalue weighted by atomic mass is 15.2. The molecular weight excluding hydrogens is 929 g/mol. The molecule has 77 heavy (non-hydrogen) atoms. The van der Waals surface area contributed by atoms with Crippen LogP contribution in [0, 0.1) is 0 Å². The Hall–Kier alpha value is -10.0. The molecule has 0 radical (unpaired) electrons. The third-order valence-electron chi connectivity index (χ3n) is 16.2. The summed E-state index contributed by atoms with van der Waals surface area (Å²) in [5.74, 6) is 0. The zero-order valence-electron chi connectivity index (χ0n) is 42.3. The van der Waals surface area contributed by atoms with E-state index >= 15 is 0 Å². The lowest BCUT2D eigenvalue weighted by Gasteiger charge is -2.34. The van der Waals surface area contributed by atoms with E-state index in [0.717, 1.165) is 34.1 Å². The van der Waals surface area contributed by atoms with Crippen LogP contribution in [0.4, 0.5) is 34.1 Å². The lowest BCUT2D eigenvalue weighted by Crippen LogP contribution is -2.26. The van der Waals surface area contributed by atoms with Crippen LogP contribution < -0.4 is 9.80 Å². The molecule has 0 heterocycles. The summed E-state index contributed by atoms with van der Waals surface area (Å²) in [6, 6.07) is 112. The summed E-state index contributed by atoms with van der Waals surface area (Å²) in [7, 11) is 0. The number of anilines is 6. The van der Waals surface area contributed by atoms with Gasteiger partial charge >= 0.3 is 0 Å². The van der Waals surface area contributed by atoms with Gasteiger partial charge in [-0.15, -0.1) is 0 Å². The second-order valence-corrected chi connectivity index (χ2v) is 20.3. The van der Waals surface area contributed by atoms with Gasteiger partial charge in [0, 0.05) is 33.9 Å². The Kier molecular flexibility index (Phi) is 10.5. The largest absolute Gasteiger partial charge is 0.310 e. The smallest absolute Gasteiger partial charge is 0.0727 e. The first-order valence-electron chi connectivity index (χ1n) is 26.7. The maximum atomic E-state index is 2.52. The maximum absolute atomic E-state index is 2.52. The molecule has 0 aromatic heterocycles. The topological polar surface area (TPSA) is 6.48 Å². The van der Waals surface area contributed by atoms with Gasteiger partial charge in [-0.25, -0.2) is 0 Å². The van der Waals surface area contributed by atoms with E-state index in [4.69, 9.17) is 0 Å². The van der Waals surface area contributed by atoms with Crippen molar-refractivity contribution in [3.63, 3.8) is 0 Å². The molecule has 1 unspecified atom stereocenters. The first-order valence-corrected chi connectivity index (χ1v) is 26.7. The Bertz CT molecular complexity index is 4360. The van der Waals surface area contributed by atoms with Crippen LogP contribution in [0.5, 0.6) is 0 Å². The van der Waals surface area contributed by atoms with Gasteiger partial charge in [0.15, 0.2) is 0 Å². The number of fused-ring (bicyclic) bond motifs is 12. The van der Waals surface area contributed by atoms with Gasteiger partial charge in [0.1, 0.15) is 0 Å². The molecule has 1 atom stereocenters. The van der Waals surface area contributed by atoms with Crippen molar-refractivity contribution in [2.45, 2.75) is 5.41 Å². The molecule has 2 nitrogen and oxygen atoms in total. The van der Waals surface area contributed by atoms with Crippen LogP contribution in [0.2, 0.25) is 0 Å². The second kappa shape index (κ2) is 18.1. The Morgan fingerprint density at radius 1 is 0.221 bits per heavy atom. The summed E-state index contributed by atoms with van der Waals surface area (Å²) in [6.07, 6.45) is 0. The Morgan fingerprint density at radius 2 is 0.571 bits per heavy atom. The molecule has 0 saturated carbocycles. The monoisotopic (exact) mass is 978 g/mol. The minimum absolute atomic E-state index is 0.639. The van der Waals surface area contributed by atoms with E-state index in [1.54, 1.807) is 0 Å². The molecule has 2 aliphatic carbocycles. The highest BCUT2D eigenvalue weighted by Crippen LogP contribution is 2.64. The number of hydrogen-bond donors (Lipinski definition) is 0. The molecule has 13 aromatic rings. The molecule has 2 heteroatoms. The molecule has 0 aliphatic heterocycles. The summed E-state index contributed by atoms with van der Waals surface area (Å²) in [5.41, 5.74) is 23.3. The Morgan fingerprint density at radius 3 is 1.05 bits per heavy atom. The van der Waals surface area contributed by atoms with Gasteiger partial charge in [-0.1, -0.05) is 243 Å². The molecule has 2 aliphatic rings. The summed E-state index contributed by atoms with van der Waals surface area (Å²) >= 11 is 0. The van der Waals surface area contributed by atoms with E-state index in [2.05, 4.69) is 313 Å². The quantitative estimate of drug-likeness (QED) is 0.142. The summed E-state index contributed by atoms with van der Waals surface area (Å²) < 4.78 is 0. The zero-order chi connectivity index (χ0) is 50.9. The average molecular weight is 979 g/mol. The van der Waals surface area contributed by atoms with Crippen molar-refractivity contribution in [3.8, 4) is 55.6 Å². The molecule has 0 saturated heterocycles. The van der Waals surface area contributed by atoms with Crippen molar-refractivity contribution in [1.82, 2.24) is 0 Å². The van der Waals surface area contributed by atoms with Crippen LogP contribution in [0.25, 0.3) is 77.2 Å². The SMILES string of the molecule is c1ccc(-c2ccc(-c3c(N(c4ccccc4)c4ccc5c(c4)C4(c6ccccc6-c6ccc(N(c7ccccc7)c7ccc8ccccc8c7-c7ccccc7)cc64)c4ccccc4-5)ccc4ccccc34)cc2)cc1. The second-order valence-electron chi connectivity index (χ2n) is 20.3. The third-order valence-corrected chi connectivity index (χ3v) is 16.2. The van der Waals surface area contributed by atoms with Crippen molar-refractivity contribution in [3.05, 3.63) is 326 Å². The van der Waals surface area contributed by atoms with Gasteiger partial charge in [0.25, 0.3) is 0 Å². The van der Waals surface area contributed by atoms with Crippen LogP contribution in [0.15, 0.2) is 303 Å². The Labute approximate surface area is 449 Å². The average Bonchev–Trinajstić information content (AvgIpc) is 4.21. The fourth-order valence-electron chi connectivity index (χ4n) is 13.0. The van der Waals surface area contributed by atoms with Crippen molar-refractivity contribution in [1.29, 1.82) is 0 Å². The minimum Gasteiger partial charge on any atom is -0.310 e. The van der Waals surface area contributed by atoms with Gasteiger partial charge in [-0.05, 0) is 149 Å². The third kappa shape index (κ3) is 7.03. The maximum Gasteiger partial charge on any atom is 0.0727 e. The normalized spacial score (nSPS) is 13.8. The van der Waals surface area contributed by atoms with Crippen molar-refractivity contribution in [2.24, 2.45) is 0 Å². The number of para-hydroxylation sites is 2. The van der Waals surface area contributed by atoms with Gasteiger partial charge in [-0.3, -0.25) is 0 Å². The van der Waals surface area contributed by atoms with E-state index in [1.807, 2.05) is 0 Å². The number of benzene rings is 13. The van der Waals surface area contributed by atoms with Crippen LogP contribution in [-0.4, -0.2) is 0 Å². The van der Waals surface area contributed by atoms with Crippen LogP contribution in [0.3, 0.4) is 0 Å². The van der Waals surface area contributed by atoms with Crippen LogP contribution in [0.1, 0.15) is 22.3 Å². The molecule has 0 amide bonds. The molecule has 0 bridgehead atoms. The highest BCUT2D eigenvalue weighted by molar-refractivity contribution is 6.08. The molecule has 0 N–H and O–H groups in total. The highest BCUT2D eigenvalue weighted by Gasteiger charge is 2.52. The van der Waals surface area contributed by atoms with E-state index in [0.29, 0.717) is 0 Å². The molecule has 360 valence electrons. The predicted molar refractivity (Wildman–Crippen MR) is 323 cm³/mol. The molecule has 0 fully saturated rings. The van der Waals surface area contributed by atoms with Gasteiger partial charge < -0.3 is 9.80 Å². The van der Waals surface area contributed by atoms with Crippen LogP contribution >= 0.6 is 0 Å². The first-order chi connectivity index (χ1) is 38.2.